The zero-order valence-corrected chi connectivity index (χ0v) is 15.6. The van der Waals surface area contributed by atoms with Gasteiger partial charge in [0.15, 0.2) is 11.4 Å². The Hall–Kier alpha value is -3.12. The van der Waals surface area contributed by atoms with Gasteiger partial charge >= 0.3 is 5.63 Å². The number of fused-ring (bicyclic) bond motifs is 3. The van der Waals surface area contributed by atoms with E-state index in [1.807, 2.05) is 42.5 Å². The van der Waals surface area contributed by atoms with Crippen LogP contribution in [-0.4, -0.2) is 26.0 Å². The first-order valence-corrected chi connectivity index (χ1v) is 9.20. The number of aliphatic imine (C=N–C) groups is 1. The molecule has 0 spiro atoms. The summed E-state index contributed by atoms with van der Waals surface area (Å²) in [6.07, 6.45) is 1.50. The standard InChI is InChI=1S/C22H21NO5/c1-25-17-10-8-15(9-11-17)13-26-12-4-5-16-14-27-21-18-6-2-3-7-19(18)28-22(24)20(21)23-16/h2-3,6-11H,4-5,12-14H2,1H3. The average molecular weight is 379 g/mol. The molecule has 0 radical (unpaired) electrons. The summed E-state index contributed by atoms with van der Waals surface area (Å²) in [5.74, 6) is 1.34. The Bertz CT molecular complexity index is 1050. The van der Waals surface area contributed by atoms with Crippen LogP contribution in [0.4, 0.5) is 5.69 Å². The minimum atomic E-state index is -0.471. The maximum absolute atomic E-state index is 12.2. The van der Waals surface area contributed by atoms with Crippen LogP contribution >= 0.6 is 0 Å². The number of nitrogens with zero attached hydrogens (tertiary/aromatic N) is 1. The van der Waals surface area contributed by atoms with Gasteiger partial charge in [0.05, 0.1) is 24.8 Å². The molecule has 2 heterocycles. The van der Waals surface area contributed by atoms with Crippen LogP contribution < -0.4 is 15.1 Å². The second-order valence-corrected chi connectivity index (χ2v) is 6.53. The first-order chi connectivity index (χ1) is 13.7. The molecule has 0 unspecified atom stereocenters. The lowest BCUT2D eigenvalue weighted by Crippen LogP contribution is -2.18. The van der Waals surface area contributed by atoms with Gasteiger partial charge in [-0.15, -0.1) is 0 Å². The highest BCUT2D eigenvalue weighted by molar-refractivity contribution is 5.95. The zero-order valence-electron chi connectivity index (χ0n) is 15.6. The predicted octanol–water partition coefficient (Wildman–Crippen LogP) is 4.26. The summed E-state index contributed by atoms with van der Waals surface area (Å²) in [7, 11) is 1.65. The van der Waals surface area contributed by atoms with Crippen LogP contribution in [0.2, 0.25) is 0 Å². The van der Waals surface area contributed by atoms with Gasteiger partial charge in [-0.05, 0) is 42.7 Å². The zero-order chi connectivity index (χ0) is 19.3. The topological polar surface area (TPSA) is 70.3 Å². The molecule has 28 heavy (non-hydrogen) atoms. The van der Waals surface area contributed by atoms with Gasteiger partial charge in [0.25, 0.3) is 0 Å². The van der Waals surface area contributed by atoms with Crippen molar-refractivity contribution in [2.75, 3.05) is 20.3 Å². The van der Waals surface area contributed by atoms with Crippen molar-refractivity contribution < 1.29 is 18.6 Å². The molecule has 0 fully saturated rings. The van der Waals surface area contributed by atoms with Crippen molar-refractivity contribution in [1.29, 1.82) is 0 Å². The molecule has 0 amide bonds. The number of hydrogen-bond acceptors (Lipinski definition) is 6. The molecule has 0 saturated heterocycles. The molecule has 3 aromatic rings. The molecule has 0 aliphatic carbocycles. The summed E-state index contributed by atoms with van der Waals surface area (Å²) >= 11 is 0. The van der Waals surface area contributed by atoms with E-state index in [4.69, 9.17) is 18.6 Å². The quantitative estimate of drug-likeness (QED) is 0.453. The van der Waals surface area contributed by atoms with Crippen molar-refractivity contribution in [1.82, 2.24) is 0 Å². The monoisotopic (exact) mass is 379 g/mol. The highest BCUT2D eigenvalue weighted by Crippen LogP contribution is 2.35. The lowest BCUT2D eigenvalue weighted by Gasteiger charge is -2.17. The third-order valence-electron chi connectivity index (χ3n) is 4.58. The van der Waals surface area contributed by atoms with Gasteiger partial charge in [-0.2, -0.15) is 0 Å². The largest absolute Gasteiger partial charge is 0.497 e. The van der Waals surface area contributed by atoms with Crippen molar-refractivity contribution in [3.63, 3.8) is 0 Å². The first kappa shape index (κ1) is 18.3. The van der Waals surface area contributed by atoms with Crippen LogP contribution in [0.1, 0.15) is 18.4 Å². The average Bonchev–Trinajstić information content (AvgIpc) is 2.74. The van der Waals surface area contributed by atoms with Crippen LogP contribution in [0.5, 0.6) is 11.5 Å². The van der Waals surface area contributed by atoms with Gasteiger partial charge in [0.1, 0.15) is 17.9 Å². The maximum Gasteiger partial charge on any atom is 0.366 e. The van der Waals surface area contributed by atoms with E-state index in [-0.39, 0.29) is 5.69 Å². The van der Waals surface area contributed by atoms with E-state index in [9.17, 15) is 4.79 Å². The Balaban J connectivity index is 1.34. The second kappa shape index (κ2) is 8.27. The van der Waals surface area contributed by atoms with Gasteiger partial charge in [-0.25, -0.2) is 9.79 Å². The van der Waals surface area contributed by atoms with Crippen molar-refractivity contribution in [3.8, 4) is 11.5 Å². The van der Waals surface area contributed by atoms with E-state index < -0.39 is 5.63 Å². The summed E-state index contributed by atoms with van der Waals surface area (Å²) in [4.78, 5) is 16.7. The van der Waals surface area contributed by atoms with Gasteiger partial charge in [0, 0.05) is 6.61 Å². The number of ether oxygens (including phenoxy) is 3. The Morgan fingerprint density at radius 3 is 2.75 bits per heavy atom. The fourth-order valence-corrected chi connectivity index (χ4v) is 3.12. The summed E-state index contributed by atoms with van der Waals surface area (Å²) in [6.45, 7) is 1.52. The van der Waals surface area contributed by atoms with E-state index >= 15 is 0 Å². The summed E-state index contributed by atoms with van der Waals surface area (Å²) in [6, 6.07) is 15.1. The predicted molar refractivity (Wildman–Crippen MR) is 107 cm³/mol. The Kier molecular flexibility index (Phi) is 5.39. The number of para-hydroxylation sites is 1. The van der Waals surface area contributed by atoms with Crippen LogP contribution in [-0.2, 0) is 11.3 Å². The molecule has 2 aromatic carbocycles. The maximum atomic E-state index is 12.2. The van der Waals surface area contributed by atoms with Crippen LogP contribution in [0.25, 0.3) is 11.0 Å². The molecule has 0 bridgehead atoms. The first-order valence-electron chi connectivity index (χ1n) is 9.20. The van der Waals surface area contributed by atoms with E-state index in [0.29, 0.717) is 37.6 Å². The lowest BCUT2D eigenvalue weighted by atomic mass is 10.1. The molecule has 6 heteroatoms. The lowest BCUT2D eigenvalue weighted by molar-refractivity contribution is 0.119. The smallest absolute Gasteiger partial charge is 0.366 e. The van der Waals surface area contributed by atoms with E-state index in [2.05, 4.69) is 4.99 Å². The van der Waals surface area contributed by atoms with Gasteiger partial charge in [0.2, 0.25) is 0 Å². The molecule has 1 aromatic heterocycles. The van der Waals surface area contributed by atoms with Crippen molar-refractivity contribution in [2.45, 2.75) is 19.4 Å². The normalized spacial score (nSPS) is 13.0. The molecule has 0 N–H and O–H groups in total. The number of hydrogen-bond donors (Lipinski definition) is 0. The Morgan fingerprint density at radius 2 is 1.93 bits per heavy atom. The third-order valence-corrected chi connectivity index (χ3v) is 4.58. The van der Waals surface area contributed by atoms with Gasteiger partial charge < -0.3 is 18.6 Å². The molecule has 144 valence electrons. The van der Waals surface area contributed by atoms with Crippen LogP contribution in [0.3, 0.4) is 0 Å². The second-order valence-electron chi connectivity index (χ2n) is 6.53. The summed E-state index contributed by atoms with van der Waals surface area (Å²) in [5, 5.41) is 0.766. The molecule has 0 saturated carbocycles. The molecular formula is C22H21NO5. The van der Waals surface area contributed by atoms with Crippen LogP contribution in [0.15, 0.2) is 62.7 Å². The third kappa shape index (κ3) is 3.92. The fraction of sp³-hybridized carbons (Fsp3) is 0.273. The fourth-order valence-electron chi connectivity index (χ4n) is 3.12. The molecular weight excluding hydrogens is 358 g/mol. The number of methoxy groups -OCH3 is 1. The highest BCUT2D eigenvalue weighted by Gasteiger charge is 2.20. The molecule has 1 aliphatic rings. The van der Waals surface area contributed by atoms with E-state index in [0.717, 1.165) is 28.8 Å². The summed E-state index contributed by atoms with van der Waals surface area (Å²) in [5.41, 5.74) is 2.21. The van der Waals surface area contributed by atoms with Gasteiger partial charge in [-0.1, -0.05) is 24.3 Å². The number of benzene rings is 2. The van der Waals surface area contributed by atoms with Crippen LogP contribution in [0, 0.1) is 0 Å². The SMILES string of the molecule is COc1ccc(COCCCC2=Nc3c(c4ccccc4oc3=O)OC2)cc1. The van der Waals surface area contributed by atoms with Crippen molar-refractivity contribution in [3.05, 3.63) is 64.5 Å². The minimum Gasteiger partial charge on any atom is -0.497 e. The Morgan fingerprint density at radius 1 is 1.11 bits per heavy atom. The highest BCUT2D eigenvalue weighted by atomic mass is 16.5. The van der Waals surface area contributed by atoms with Crippen molar-refractivity contribution in [2.24, 2.45) is 4.99 Å². The van der Waals surface area contributed by atoms with Gasteiger partial charge in [-0.3, -0.25) is 0 Å². The molecule has 4 rings (SSSR count). The minimum absolute atomic E-state index is 0.249. The molecule has 0 atom stereocenters. The number of rotatable bonds is 7. The molecule has 6 nitrogen and oxygen atoms in total. The van der Waals surface area contributed by atoms with E-state index in [1.54, 1.807) is 13.2 Å². The summed E-state index contributed by atoms with van der Waals surface area (Å²) < 4.78 is 22.0. The van der Waals surface area contributed by atoms with E-state index in [1.165, 1.54) is 0 Å². The van der Waals surface area contributed by atoms with Crippen molar-refractivity contribution >= 4 is 22.4 Å². The Labute approximate surface area is 162 Å². The molecule has 1 aliphatic heterocycles.